The Hall–Kier alpha value is -1.63. The quantitative estimate of drug-likeness (QED) is 0.892. The number of halogens is 1. The van der Waals surface area contributed by atoms with Gasteiger partial charge in [-0.3, -0.25) is 4.79 Å². The Bertz CT molecular complexity index is 637. The van der Waals surface area contributed by atoms with Crippen LogP contribution < -0.4 is 5.32 Å². The highest BCUT2D eigenvalue weighted by Gasteiger charge is 2.22. The zero-order chi connectivity index (χ0) is 14.7. The number of imidazole rings is 1. The number of nitrogens with zero attached hydrogens (tertiary/aromatic N) is 1. The zero-order valence-electron chi connectivity index (χ0n) is 11.4. The third-order valence-electron chi connectivity index (χ3n) is 3.26. The number of hydrogen-bond donors (Lipinski definition) is 2. The second-order valence-corrected chi connectivity index (χ2v) is 5.26. The SMILES string of the molecule is O=C(NCCc1nc2ccc(Cl)cc2[nH]1)C1COCCO1. The van der Waals surface area contributed by atoms with E-state index < -0.39 is 6.10 Å². The van der Waals surface area contributed by atoms with Gasteiger partial charge in [0.15, 0.2) is 6.10 Å². The van der Waals surface area contributed by atoms with E-state index >= 15 is 0 Å². The highest BCUT2D eigenvalue weighted by molar-refractivity contribution is 6.31. The van der Waals surface area contributed by atoms with Gasteiger partial charge in [0.25, 0.3) is 5.91 Å². The van der Waals surface area contributed by atoms with Gasteiger partial charge in [0.1, 0.15) is 5.82 Å². The molecule has 2 heterocycles. The molecule has 112 valence electrons. The molecular formula is C14H16ClN3O3. The number of hydrogen-bond acceptors (Lipinski definition) is 4. The van der Waals surface area contributed by atoms with E-state index in [9.17, 15) is 4.79 Å². The molecule has 1 unspecified atom stereocenters. The molecule has 3 rings (SSSR count). The number of benzene rings is 1. The van der Waals surface area contributed by atoms with Gasteiger partial charge in [-0.1, -0.05) is 11.6 Å². The van der Waals surface area contributed by atoms with Crippen molar-refractivity contribution in [3.8, 4) is 0 Å². The van der Waals surface area contributed by atoms with Crippen molar-refractivity contribution in [3.05, 3.63) is 29.0 Å². The number of ether oxygens (including phenoxy) is 2. The number of rotatable bonds is 4. The van der Waals surface area contributed by atoms with Crippen molar-refractivity contribution in [3.63, 3.8) is 0 Å². The van der Waals surface area contributed by atoms with Gasteiger partial charge < -0.3 is 19.8 Å². The van der Waals surface area contributed by atoms with Crippen molar-refractivity contribution in [1.29, 1.82) is 0 Å². The number of aromatic nitrogens is 2. The zero-order valence-corrected chi connectivity index (χ0v) is 12.2. The van der Waals surface area contributed by atoms with Crippen LogP contribution in [0.2, 0.25) is 5.02 Å². The van der Waals surface area contributed by atoms with Crippen molar-refractivity contribution in [2.24, 2.45) is 0 Å². The first-order chi connectivity index (χ1) is 10.2. The first kappa shape index (κ1) is 14.3. The summed E-state index contributed by atoms with van der Waals surface area (Å²) in [7, 11) is 0. The van der Waals surface area contributed by atoms with E-state index in [1.165, 1.54) is 0 Å². The molecule has 1 aromatic carbocycles. The fourth-order valence-electron chi connectivity index (χ4n) is 2.21. The van der Waals surface area contributed by atoms with Crippen molar-refractivity contribution >= 4 is 28.5 Å². The molecule has 1 atom stereocenters. The molecule has 0 saturated carbocycles. The minimum Gasteiger partial charge on any atom is -0.376 e. The summed E-state index contributed by atoms with van der Waals surface area (Å²) >= 11 is 5.93. The van der Waals surface area contributed by atoms with Crippen LogP contribution in [0.5, 0.6) is 0 Å². The summed E-state index contributed by atoms with van der Waals surface area (Å²) in [5, 5.41) is 3.49. The van der Waals surface area contributed by atoms with E-state index in [1.54, 1.807) is 6.07 Å². The average molecular weight is 310 g/mol. The largest absolute Gasteiger partial charge is 0.376 e. The highest BCUT2D eigenvalue weighted by atomic mass is 35.5. The van der Waals surface area contributed by atoms with Gasteiger partial charge in [-0.25, -0.2) is 4.98 Å². The van der Waals surface area contributed by atoms with Gasteiger partial charge in [0, 0.05) is 18.0 Å². The molecule has 1 aliphatic heterocycles. The Balaban J connectivity index is 1.53. The Kier molecular flexibility index (Phi) is 4.38. The Morgan fingerprint density at radius 2 is 2.38 bits per heavy atom. The predicted molar refractivity (Wildman–Crippen MR) is 78.4 cm³/mol. The van der Waals surface area contributed by atoms with Crippen LogP contribution >= 0.6 is 11.6 Å². The third kappa shape index (κ3) is 3.53. The lowest BCUT2D eigenvalue weighted by molar-refractivity contribution is -0.147. The minimum absolute atomic E-state index is 0.145. The van der Waals surface area contributed by atoms with Gasteiger partial charge in [0.05, 0.1) is 30.9 Å². The highest BCUT2D eigenvalue weighted by Crippen LogP contribution is 2.17. The second kappa shape index (κ2) is 6.43. The predicted octanol–water partition coefficient (Wildman–Crippen LogP) is 1.29. The number of nitrogens with one attached hydrogen (secondary N) is 2. The molecule has 1 amide bonds. The number of amides is 1. The fourth-order valence-corrected chi connectivity index (χ4v) is 2.38. The van der Waals surface area contributed by atoms with Gasteiger partial charge in [-0.05, 0) is 18.2 Å². The molecule has 21 heavy (non-hydrogen) atoms. The number of H-pyrrole nitrogens is 1. The molecule has 1 aromatic heterocycles. The van der Waals surface area contributed by atoms with Crippen LogP contribution in [0, 0.1) is 0 Å². The molecule has 2 N–H and O–H groups in total. The Labute approximate surface area is 126 Å². The molecule has 0 spiro atoms. The molecule has 7 heteroatoms. The third-order valence-corrected chi connectivity index (χ3v) is 3.50. The molecule has 0 aliphatic carbocycles. The van der Waals surface area contributed by atoms with Gasteiger partial charge in [-0.2, -0.15) is 0 Å². The molecule has 0 radical (unpaired) electrons. The molecule has 0 bridgehead atoms. The van der Waals surface area contributed by atoms with Crippen LogP contribution in [-0.2, 0) is 20.7 Å². The standard InChI is InChI=1S/C14H16ClN3O3/c15-9-1-2-10-11(7-9)18-13(17-10)3-4-16-14(19)12-8-20-5-6-21-12/h1-2,7,12H,3-6,8H2,(H,16,19)(H,17,18). The monoisotopic (exact) mass is 309 g/mol. The van der Waals surface area contributed by atoms with Crippen molar-refractivity contribution in [2.75, 3.05) is 26.4 Å². The van der Waals surface area contributed by atoms with Crippen molar-refractivity contribution in [2.45, 2.75) is 12.5 Å². The molecule has 6 nitrogen and oxygen atoms in total. The number of carbonyl (C=O) groups excluding carboxylic acids is 1. The van der Waals surface area contributed by atoms with E-state index in [0.29, 0.717) is 37.8 Å². The van der Waals surface area contributed by atoms with E-state index in [2.05, 4.69) is 15.3 Å². The summed E-state index contributed by atoms with van der Waals surface area (Å²) in [5.74, 6) is 0.669. The molecule has 1 saturated heterocycles. The van der Waals surface area contributed by atoms with Gasteiger partial charge in [-0.15, -0.1) is 0 Å². The van der Waals surface area contributed by atoms with Crippen LogP contribution in [0.25, 0.3) is 11.0 Å². The minimum atomic E-state index is -0.506. The maximum absolute atomic E-state index is 11.8. The summed E-state index contributed by atoms with van der Waals surface area (Å²) in [4.78, 5) is 19.5. The topological polar surface area (TPSA) is 76.2 Å². The maximum Gasteiger partial charge on any atom is 0.251 e. The van der Waals surface area contributed by atoms with E-state index in [-0.39, 0.29) is 5.91 Å². The molecular weight excluding hydrogens is 294 g/mol. The van der Waals surface area contributed by atoms with E-state index in [4.69, 9.17) is 21.1 Å². The average Bonchev–Trinajstić information content (AvgIpc) is 2.89. The first-order valence-corrected chi connectivity index (χ1v) is 7.21. The summed E-state index contributed by atoms with van der Waals surface area (Å²) in [6.45, 7) is 1.81. The molecule has 2 aromatic rings. The van der Waals surface area contributed by atoms with Crippen LogP contribution in [0.15, 0.2) is 18.2 Å². The van der Waals surface area contributed by atoms with Crippen LogP contribution in [-0.4, -0.2) is 48.3 Å². The maximum atomic E-state index is 11.8. The van der Waals surface area contributed by atoms with Crippen LogP contribution in [0.4, 0.5) is 0 Å². The molecule has 1 fully saturated rings. The van der Waals surface area contributed by atoms with Crippen LogP contribution in [0.3, 0.4) is 0 Å². The lowest BCUT2D eigenvalue weighted by Crippen LogP contribution is -2.43. The summed E-state index contributed by atoms with van der Waals surface area (Å²) in [6.07, 6.45) is 0.110. The first-order valence-electron chi connectivity index (χ1n) is 6.83. The number of carbonyl (C=O) groups is 1. The van der Waals surface area contributed by atoms with Gasteiger partial charge in [0.2, 0.25) is 0 Å². The lowest BCUT2D eigenvalue weighted by atomic mass is 10.3. The van der Waals surface area contributed by atoms with E-state index in [0.717, 1.165) is 16.9 Å². The summed E-state index contributed by atoms with van der Waals surface area (Å²) < 4.78 is 10.5. The fraction of sp³-hybridized carbons (Fsp3) is 0.429. The smallest absolute Gasteiger partial charge is 0.251 e. The Morgan fingerprint density at radius 1 is 1.48 bits per heavy atom. The summed E-state index contributed by atoms with van der Waals surface area (Å²) in [5.41, 5.74) is 1.76. The van der Waals surface area contributed by atoms with E-state index in [1.807, 2.05) is 12.1 Å². The van der Waals surface area contributed by atoms with Crippen molar-refractivity contribution in [1.82, 2.24) is 15.3 Å². The van der Waals surface area contributed by atoms with Crippen molar-refractivity contribution < 1.29 is 14.3 Å². The number of fused-ring (bicyclic) bond motifs is 1. The Morgan fingerprint density at radius 3 is 3.19 bits per heavy atom. The second-order valence-electron chi connectivity index (χ2n) is 4.82. The lowest BCUT2D eigenvalue weighted by Gasteiger charge is -2.21. The normalized spacial score (nSPS) is 18.8. The van der Waals surface area contributed by atoms with Crippen LogP contribution in [0.1, 0.15) is 5.82 Å². The van der Waals surface area contributed by atoms with Gasteiger partial charge >= 0.3 is 0 Å². The molecule has 1 aliphatic rings. The summed E-state index contributed by atoms with van der Waals surface area (Å²) in [6, 6.07) is 5.50. The number of aromatic amines is 1.